The van der Waals surface area contributed by atoms with Crippen LogP contribution < -0.4 is 16.4 Å². The summed E-state index contributed by atoms with van der Waals surface area (Å²) < 4.78 is 13.0. The zero-order chi connectivity index (χ0) is 14.5. The van der Waals surface area contributed by atoms with Crippen molar-refractivity contribution >= 4 is 34.6 Å². The molecule has 20 heavy (non-hydrogen) atoms. The Balaban J connectivity index is 2.11. The number of halogens is 1. The standard InChI is InChI=1S/C14H12FN3OS/c15-9-4-3-5-10(8-9)17-14(19)18-12-7-2-1-6-11(12)13(16)20/h1-8H,(H2,16,20)(H2,17,18,19). The molecular weight excluding hydrogens is 277 g/mol. The minimum Gasteiger partial charge on any atom is -0.389 e. The predicted octanol–water partition coefficient (Wildman–Crippen LogP) is 3.10. The van der Waals surface area contributed by atoms with Crippen molar-refractivity contribution in [2.24, 2.45) is 5.73 Å². The molecule has 0 spiro atoms. The van der Waals surface area contributed by atoms with Crippen LogP contribution in [0.3, 0.4) is 0 Å². The molecule has 0 saturated carbocycles. The van der Waals surface area contributed by atoms with E-state index in [4.69, 9.17) is 18.0 Å². The first-order valence-corrected chi connectivity index (χ1v) is 6.19. The van der Waals surface area contributed by atoms with Crippen LogP contribution in [-0.2, 0) is 0 Å². The van der Waals surface area contributed by atoms with E-state index in [1.165, 1.54) is 18.2 Å². The molecule has 0 aliphatic heterocycles. The maximum atomic E-state index is 13.0. The van der Waals surface area contributed by atoms with Crippen molar-refractivity contribution < 1.29 is 9.18 Å². The van der Waals surface area contributed by atoms with Gasteiger partial charge in [0.2, 0.25) is 0 Å². The molecule has 4 N–H and O–H groups in total. The average Bonchev–Trinajstić information content (AvgIpc) is 2.38. The Hall–Kier alpha value is -2.47. The van der Waals surface area contributed by atoms with Crippen LogP contribution in [-0.4, -0.2) is 11.0 Å². The minimum atomic E-state index is -0.501. The molecule has 0 aromatic heterocycles. The number of para-hydroxylation sites is 1. The summed E-state index contributed by atoms with van der Waals surface area (Å²) in [6, 6.07) is 12.0. The lowest BCUT2D eigenvalue weighted by Crippen LogP contribution is -2.22. The normalized spacial score (nSPS) is 9.85. The van der Waals surface area contributed by atoms with Gasteiger partial charge >= 0.3 is 6.03 Å². The fourth-order valence-electron chi connectivity index (χ4n) is 1.66. The number of carbonyl (C=O) groups excluding carboxylic acids is 1. The minimum absolute atomic E-state index is 0.187. The maximum absolute atomic E-state index is 13.0. The predicted molar refractivity (Wildman–Crippen MR) is 81.4 cm³/mol. The second-order valence-corrected chi connectivity index (χ2v) is 4.44. The summed E-state index contributed by atoms with van der Waals surface area (Å²) in [6.07, 6.45) is 0. The van der Waals surface area contributed by atoms with E-state index >= 15 is 0 Å². The molecule has 0 saturated heterocycles. The third kappa shape index (κ3) is 3.52. The van der Waals surface area contributed by atoms with Crippen LogP contribution >= 0.6 is 12.2 Å². The van der Waals surface area contributed by atoms with Gasteiger partial charge in [-0.05, 0) is 30.3 Å². The van der Waals surface area contributed by atoms with Gasteiger partial charge in [-0.25, -0.2) is 9.18 Å². The van der Waals surface area contributed by atoms with Gasteiger partial charge in [0, 0.05) is 11.3 Å². The Morgan fingerprint density at radius 3 is 2.55 bits per heavy atom. The summed E-state index contributed by atoms with van der Waals surface area (Å²) in [6.45, 7) is 0. The monoisotopic (exact) mass is 289 g/mol. The van der Waals surface area contributed by atoms with Crippen molar-refractivity contribution in [1.29, 1.82) is 0 Å². The number of carbonyl (C=O) groups is 1. The van der Waals surface area contributed by atoms with Gasteiger partial charge in [-0.2, -0.15) is 0 Å². The summed E-state index contributed by atoms with van der Waals surface area (Å²) >= 11 is 4.91. The summed E-state index contributed by atoms with van der Waals surface area (Å²) in [5.74, 6) is -0.425. The summed E-state index contributed by atoms with van der Waals surface area (Å²) in [7, 11) is 0. The molecule has 0 atom stereocenters. The maximum Gasteiger partial charge on any atom is 0.323 e. The van der Waals surface area contributed by atoms with Crippen molar-refractivity contribution in [1.82, 2.24) is 0 Å². The summed E-state index contributed by atoms with van der Waals surface area (Å²) in [5, 5.41) is 5.14. The van der Waals surface area contributed by atoms with Gasteiger partial charge in [0.25, 0.3) is 0 Å². The van der Waals surface area contributed by atoms with E-state index in [2.05, 4.69) is 10.6 Å². The Kier molecular flexibility index (Phi) is 4.27. The van der Waals surface area contributed by atoms with Gasteiger partial charge in [-0.1, -0.05) is 30.4 Å². The molecule has 6 heteroatoms. The number of amides is 2. The number of thiocarbonyl (C=S) groups is 1. The molecule has 2 rings (SSSR count). The Bertz CT molecular complexity index is 660. The third-order valence-corrected chi connectivity index (χ3v) is 2.74. The third-order valence-electron chi connectivity index (χ3n) is 2.52. The first-order chi connectivity index (χ1) is 9.56. The van der Waals surface area contributed by atoms with Crippen LogP contribution in [0, 0.1) is 5.82 Å². The van der Waals surface area contributed by atoms with Crippen LogP contribution in [0.25, 0.3) is 0 Å². The van der Waals surface area contributed by atoms with Gasteiger partial charge in [0.1, 0.15) is 10.8 Å². The molecule has 0 unspecified atom stereocenters. The van der Waals surface area contributed by atoms with E-state index in [0.29, 0.717) is 16.9 Å². The van der Waals surface area contributed by atoms with Gasteiger partial charge in [0.15, 0.2) is 0 Å². The molecule has 2 aromatic carbocycles. The van der Waals surface area contributed by atoms with Crippen LogP contribution in [0.2, 0.25) is 0 Å². The first kappa shape index (κ1) is 14.0. The number of hydrogen-bond donors (Lipinski definition) is 3. The van der Waals surface area contributed by atoms with Gasteiger partial charge in [-0.15, -0.1) is 0 Å². The Morgan fingerprint density at radius 2 is 1.85 bits per heavy atom. The Labute approximate surface area is 120 Å². The van der Waals surface area contributed by atoms with E-state index in [0.717, 1.165) is 0 Å². The molecule has 4 nitrogen and oxygen atoms in total. The number of hydrogen-bond acceptors (Lipinski definition) is 2. The number of rotatable bonds is 3. The molecule has 102 valence electrons. The molecule has 0 aliphatic rings. The smallest absolute Gasteiger partial charge is 0.323 e. The second-order valence-electron chi connectivity index (χ2n) is 4.00. The number of nitrogens with two attached hydrogens (primary N) is 1. The molecule has 0 aliphatic carbocycles. The fraction of sp³-hybridized carbons (Fsp3) is 0. The molecule has 2 amide bonds. The van der Waals surface area contributed by atoms with E-state index in [1.54, 1.807) is 30.3 Å². The zero-order valence-corrected chi connectivity index (χ0v) is 11.2. The van der Waals surface area contributed by atoms with Crippen molar-refractivity contribution in [3.05, 3.63) is 59.9 Å². The highest BCUT2D eigenvalue weighted by Gasteiger charge is 2.08. The quantitative estimate of drug-likeness (QED) is 0.761. The van der Waals surface area contributed by atoms with E-state index in [9.17, 15) is 9.18 Å². The number of urea groups is 1. The van der Waals surface area contributed by atoms with E-state index in [1.807, 2.05) is 0 Å². The SMILES string of the molecule is NC(=S)c1ccccc1NC(=O)Nc1cccc(F)c1. The number of nitrogens with one attached hydrogen (secondary N) is 2. The highest BCUT2D eigenvalue weighted by atomic mass is 32.1. The highest BCUT2D eigenvalue weighted by molar-refractivity contribution is 7.80. The lowest BCUT2D eigenvalue weighted by molar-refractivity contribution is 0.262. The van der Waals surface area contributed by atoms with Crippen LogP contribution in [0.15, 0.2) is 48.5 Å². The topological polar surface area (TPSA) is 67.1 Å². The van der Waals surface area contributed by atoms with Gasteiger partial charge < -0.3 is 16.4 Å². The van der Waals surface area contributed by atoms with Crippen molar-refractivity contribution in [3.63, 3.8) is 0 Å². The molecule has 0 heterocycles. The fourth-order valence-corrected chi connectivity index (χ4v) is 1.84. The van der Waals surface area contributed by atoms with Crippen molar-refractivity contribution in [2.75, 3.05) is 10.6 Å². The highest BCUT2D eigenvalue weighted by Crippen LogP contribution is 2.16. The number of anilines is 2. The van der Waals surface area contributed by atoms with Gasteiger partial charge in [0.05, 0.1) is 5.69 Å². The average molecular weight is 289 g/mol. The lowest BCUT2D eigenvalue weighted by atomic mass is 10.2. The van der Waals surface area contributed by atoms with E-state index < -0.39 is 11.8 Å². The van der Waals surface area contributed by atoms with Crippen molar-refractivity contribution in [3.8, 4) is 0 Å². The second kappa shape index (κ2) is 6.12. The summed E-state index contributed by atoms with van der Waals surface area (Å²) in [5.41, 5.74) is 6.99. The molecule has 0 fully saturated rings. The van der Waals surface area contributed by atoms with Crippen LogP contribution in [0.1, 0.15) is 5.56 Å². The molecule has 0 bridgehead atoms. The zero-order valence-electron chi connectivity index (χ0n) is 10.4. The molecule has 2 aromatic rings. The first-order valence-electron chi connectivity index (χ1n) is 5.78. The van der Waals surface area contributed by atoms with Crippen LogP contribution in [0.4, 0.5) is 20.6 Å². The van der Waals surface area contributed by atoms with Gasteiger partial charge in [-0.3, -0.25) is 0 Å². The largest absolute Gasteiger partial charge is 0.389 e. The van der Waals surface area contributed by atoms with Crippen molar-refractivity contribution in [2.45, 2.75) is 0 Å². The molecular formula is C14H12FN3OS. The van der Waals surface area contributed by atoms with E-state index in [-0.39, 0.29) is 4.99 Å². The molecule has 0 radical (unpaired) electrons. The lowest BCUT2D eigenvalue weighted by Gasteiger charge is -2.11. The van der Waals surface area contributed by atoms with Crippen LogP contribution in [0.5, 0.6) is 0 Å². The Morgan fingerprint density at radius 1 is 1.10 bits per heavy atom. The summed E-state index contributed by atoms with van der Waals surface area (Å²) in [4.78, 5) is 12.0. The number of benzene rings is 2.